The van der Waals surface area contributed by atoms with Crippen molar-refractivity contribution in [3.8, 4) is 6.07 Å². The number of nitrogens with zero attached hydrogens (tertiary/aromatic N) is 1. The Morgan fingerprint density at radius 2 is 2.05 bits per heavy atom. The summed E-state index contributed by atoms with van der Waals surface area (Å²) in [6, 6.07) is 2.37. The van der Waals surface area contributed by atoms with Crippen LogP contribution >= 0.6 is 0 Å². The highest BCUT2D eigenvalue weighted by atomic mass is 16.5. The zero-order chi connectivity index (χ0) is 14.6. The van der Waals surface area contributed by atoms with Crippen molar-refractivity contribution in [3.63, 3.8) is 0 Å². The Labute approximate surface area is 118 Å². The summed E-state index contributed by atoms with van der Waals surface area (Å²) in [4.78, 5) is 0. The summed E-state index contributed by atoms with van der Waals surface area (Å²) in [5.41, 5.74) is -0.396. The molecule has 1 N–H and O–H groups in total. The molecular weight excluding hydrogens is 240 g/mol. The van der Waals surface area contributed by atoms with Gasteiger partial charge in [-0.05, 0) is 53.0 Å². The van der Waals surface area contributed by atoms with Gasteiger partial charge in [0.2, 0.25) is 0 Å². The lowest BCUT2D eigenvalue weighted by atomic mass is 9.96. The van der Waals surface area contributed by atoms with Crippen LogP contribution in [-0.2, 0) is 9.47 Å². The standard InChI is InChI=1S/C15H30N2O2/c1-5-10-17-15(4,13-16)9-7-8-11-19-14(3)12-18-6-2/h14,17H,5-12H2,1-4H3. The van der Waals surface area contributed by atoms with Crippen LogP contribution in [-0.4, -0.2) is 38.0 Å². The van der Waals surface area contributed by atoms with Crippen molar-refractivity contribution in [1.82, 2.24) is 5.32 Å². The molecule has 2 atom stereocenters. The quantitative estimate of drug-likeness (QED) is 0.554. The molecule has 0 aliphatic heterocycles. The lowest BCUT2D eigenvalue weighted by molar-refractivity contribution is -0.00479. The summed E-state index contributed by atoms with van der Waals surface area (Å²) in [5, 5.41) is 12.5. The van der Waals surface area contributed by atoms with Crippen LogP contribution in [0.3, 0.4) is 0 Å². The third-order valence-electron chi connectivity index (χ3n) is 3.04. The largest absolute Gasteiger partial charge is 0.379 e. The number of unbranched alkanes of at least 4 members (excludes halogenated alkanes) is 1. The predicted molar refractivity (Wildman–Crippen MR) is 78.1 cm³/mol. The average molecular weight is 270 g/mol. The number of nitrogens with one attached hydrogen (secondary N) is 1. The van der Waals surface area contributed by atoms with E-state index in [0.717, 1.165) is 45.4 Å². The predicted octanol–water partition coefficient (Wildman–Crippen LogP) is 2.88. The molecule has 0 spiro atoms. The molecule has 0 fully saturated rings. The fourth-order valence-corrected chi connectivity index (χ4v) is 1.78. The summed E-state index contributed by atoms with van der Waals surface area (Å²) < 4.78 is 10.9. The van der Waals surface area contributed by atoms with Crippen molar-refractivity contribution in [2.24, 2.45) is 0 Å². The van der Waals surface area contributed by atoms with E-state index in [4.69, 9.17) is 9.47 Å². The Kier molecular flexibility index (Phi) is 10.8. The normalized spacial score (nSPS) is 15.7. The SMILES string of the molecule is CCCNC(C)(C#N)CCCCOC(C)COCC. The first-order valence-electron chi connectivity index (χ1n) is 7.43. The van der Waals surface area contributed by atoms with E-state index < -0.39 is 5.54 Å². The number of nitriles is 1. The van der Waals surface area contributed by atoms with Crippen LogP contribution in [0.5, 0.6) is 0 Å². The molecule has 19 heavy (non-hydrogen) atoms. The van der Waals surface area contributed by atoms with Crippen LogP contribution < -0.4 is 5.32 Å². The van der Waals surface area contributed by atoms with Crippen molar-refractivity contribution < 1.29 is 9.47 Å². The summed E-state index contributed by atoms with van der Waals surface area (Å²) >= 11 is 0. The second-order valence-electron chi connectivity index (χ2n) is 5.17. The van der Waals surface area contributed by atoms with E-state index in [1.165, 1.54) is 0 Å². The van der Waals surface area contributed by atoms with Gasteiger partial charge in [-0.25, -0.2) is 0 Å². The Bertz CT molecular complexity index is 253. The van der Waals surface area contributed by atoms with Crippen molar-refractivity contribution in [2.45, 2.75) is 65.0 Å². The minimum atomic E-state index is -0.396. The molecule has 0 saturated carbocycles. The first kappa shape index (κ1) is 18.4. The van der Waals surface area contributed by atoms with Crippen LogP contribution in [0.2, 0.25) is 0 Å². The zero-order valence-electron chi connectivity index (χ0n) is 13.0. The second-order valence-corrected chi connectivity index (χ2v) is 5.17. The molecule has 112 valence electrons. The maximum atomic E-state index is 9.19. The molecule has 0 radical (unpaired) electrons. The maximum absolute atomic E-state index is 9.19. The average Bonchev–Trinajstić information content (AvgIpc) is 2.42. The monoisotopic (exact) mass is 270 g/mol. The van der Waals surface area contributed by atoms with Crippen molar-refractivity contribution in [1.29, 1.82) is 5.26 Å². The Hall–Kier alpha value is -0.630. The zero-order valence-corrected chi connectivity index (χ0v) is 13.0. The first-order valence-corrected chi connectivity index (χ1v) is 7.43. The van der Waals surface area contributed by atoms with E-state index >= 15 is 0 Å². The molecule has 0 aliphatic rings. The number of hydrogen-bond acceptors (Lipinski definition) is 4. The van der Waals surface area contributed by atoms with E-state index in [1.807, 2.05) is 20.8 Å². The van der Waals surface area contributed by atoms with E-state index in [2.05, 4.69) is 18.3 Å². The lowest BCUT2D eigenvalue weighted by Crippen LogP contribution is -2.41. The van der Waals surface area contributed by atoms with E-state index in [-0.39, 0.29) is 6.10 Å². The highest BCUT2D eigenvalue weighted by Gasteiger charge is 2.21. The van der Waals surface area contributed by atoms with Gasteiger partial charge in [0.05, 0.1) is 18.8 Å². The maximum Gasteiger partial charge on any atom is 0.103 e. The molecule has 0 aromatic carbocycles. The van der Waals surface area contributed by atoms with E-state index in [9.17, 15) is 5.26 Å². The van der Waals surface area contributed by atoms with Gasteiger partial charge in [-0.3, -0.25) is 5.32 Å². The van der Waals surface area contributed by atoms with E-state index in [0.29, 0.717) is 6.61 Å². The Morgan fingerprint density at radius 1 is 1.32 bits per heavy atom. The third kappa shape index (κ3) is 9.89. The van der Waals surface area contributed by atoms with Crippen LogP contribution in [0.4, 0.5) is 0 Å². The van der Waals surface area contributed by atoms with Crippen LogP contribution in [0, 0.1) is 11.3 Å². The molecule has 0 aromatic rings. The molecule has 0 heterocycles. The highest BCUT2D eigenvalue weighted by molar-refractivity contribution is 5.03. The summed E-state index contributed by atoms with van der Waals surface area (Å²) in [6.45, 7) is 11.1. The molecule has 2 unspecified atom stereocenters. The van der Waals surface area contributed by atoms with Crippen molar-refractivity contribution >= 4 is 0 Å². The Balaban J connectivity index is 3.64. The van der Waals surface area contributed by atoms with Crippen molar-refractivity contribution in [3.05, 3.63) is 0 Å². The fourth-order valence-electron chi connectivity index (χ4n) is 1.78. The van der Waals surface area contributed by atoms with Crippen LogP contribution in [0.25, 0.3) is 0 Å². The number of hydrogen-bond donors (Lipinski definition) is 1. The smallest absolute Gasteiger partial charge is 0.103 e. The molecule has 0 aliphatic carbocycles. The first-order chi connectivity index (χ1) is 9.08. The van der Waals surface area contributed by atoms with Gasteiger partial charge in [-0.2, -0.15) is 5.26 Å². The van der Waals surface area contributed by atoms with Gasteiger partial charge in [-0.1, -0.05) is 6.92 Å². The van der Waals surface area contributed by atoms with Crippen molar-refractivity contribution in [2.75, 3.05) is 26.4 Å². The van der Waals surface area contributed by atoms with Gasteiger partial charge in [-0.15, -0.1) is 0 Å². The molecule has 0 rings (SSSR count). The molecule has 0 amide bonds. The molecular formula is C15H30N2O2. The van der Waals surface area contributed by atoms with Gasteiger partial charge < -0.3 is 9.47 Å². The molecule has 4 nitrogen and oxygen atoms in total. The number of ether oxygens (including phenoxy) is 2. The molecule has 0 saturated heterocycles. The van der Waals surface area contributed by atoms with Gasteiger partial charge in [0.25, 0.3) is 0 Å². The second kappa shape index (κ2) is 11.2. The minimum Gasteiger partial charge on any atom is -0.379 e. The fraction of sp³-hybridized carbons (Fsp3) is 0.933. The summed E-state index contributed by atoms with van der Waals surface area (Å²) in [5.74, 6) is 0. The summed E-state index contributed by atoms with van der Waals surface area (Å²) in [6.07, 6.45) is 4.06. The van der Waals surface area contributed by atoms with Crippen LogP contribution in [0.1, 0.15) is 53.4 Å². The van der Waals surface area contributed by atoms with Crippen LogP contribution in [0.15, 0.2) is 0 Å². The molecule has 0 aromatic heterocycles. The van der Waals surface area contributed by atoms with Gasteiger partial charge in [0.15, 0.2) is 0 Å². The minimum absolute atomic E-state index is 0.153. The topological polar surface area (TPSA) is 54.3 Å². The third-order valence-corrected chi connectivity index (χ3v) is 3.04. The van der Waals surface area contributed by atoms with Gasteiger partial charge in [0.1, 0.15) is 5.54 Å². The van der Waals surface area contributed by atoms with Gasteiger partial charge >= 0.3 is 0 Å². The summed E-state index contributed by atoms with van der Waals surface area (Å²) in [7, 11) is 0. The lowest BCUT2D eigenvalue weighted by Gasteiger charge is -2.23. The Morgan fingerprint density at radius 3 is 2.63 bits per heavy atom. The van der Waals surface area contributed by atoms with E-state index in [1.54, 1.807) is 0 Å². The number of rotatable bonds is 12. The molecule has 0 bridgehead atoms. The highest BCUT2D eigenvalue weighted by Crippen LogP contribution is 2.13. The molecule has 4 heteroatoms. The van der Waals surface area contributed by atoms with Gasteiger partial charge in [0, 0.05) is 13.2 Å².